The number of amides is 2. The molecule has 24 heavy (non-hydrogen) atoms. The van der Waals surface area contributed by atoms with E-state index in [0.717, 1.165) is 24.3 Å². The Morgan fingerprint density at radius 3 is 2.96 bits per heavy atom. The quantitative estimate of drug-likeness (QED) is 0.886. The van der Waals surface area contributed by atoms with Gasteiger partial charge >= 0.3 is 6.03 Å². The average Bonchev–Trinajstić information content (AvgIpc) is 2.57. The number of nitrogens with one attached hydrogen (secondary N) is 1. The lowest BCUT2D eigenvalue weighted by molar-refractivity contribution is 0.000423. The smallest absolute Gasteiger partial charge is 0.318 e. The number of carbonyl (C=O) groups excluding carboxylic acids is 1. The number of hydrogen-bond acceptors (Lipinski definition) is 3. The molecule has 6 heteroatoms. The number of morpholine rings is 1. The van der Waals surface area contributed by atoms with Crippen molar-refractivity contribution < 1.29 is 14.3 Å². The van der Waals surface area contributed by atoms with Gasteiger partial charge in [-0.15, -0.1) is 0 Å². The molecule has 1 saturated carbocycles. The molecule has 1 aromatic rings. The van der Waals surface area contributed by atoms with Gasteiger partial charge in [0.2, 0.25) is 0 Å². The highest BCUT2D eigenvalue weighted by molar-refractivity contribution is 6.31. The fraction of sp³-hybridized carbons (Fsp3) is 0.611. The van der Waals surface area contributed by atoms with Crippen molar-refractivity contribution in [2.24, 2.45) is 0 Å². The summed E-state index contributed by atoms with van der Waals surface area (Å²) in [4.78, 5) is 14.5. The molecular weight excluding hydrogens is 328 g/mol. The van der Waals surface area contributed by atoms with Gasteiger partial charge in [-0.1, -0.05) is 29.8 Å². The summed E-state index contributed by atoms with van der Waals surface area (Å²) in [6.45, 7) is 2.46. The lowest BCUT2D eigenvalue weighted by Crippen LogP contribution is -2.56. The molecule has 1 aliphatic carbocycles. The van der Waals surface area contributed by atoms with E-state index in [9.17, 15) is 4.79 Å². The first kappa shape index (κ1) is 17.5. The Hall–Kier alpha value is -1.30. The molecule has 1 heterocycles. The van der Waals surface area contributed by atoms with Crippen LogP contribution in [0.3, 0.4) is 0 Å². The van der Waals surface area contributed by atoms with Crippen LogP contribution in [0.5, 0.6) is 0 Å². The van der Waals surface area contributed by atoms with Gasteiger partial charge in [-0.25, -0.2) is 4.79 Å². The van der Waals surface area contributed by atoms with E-state index in [4.69, 9.17) is 21.1 Å². The van der Waals surface area contributed by atoms with Crippen LogP contribution in [-0.4, -0.2) is 56.5 Å². The van der Waals surface area contributed by atoms with Gasteiger partial charge in [-0.2, -0.15) is 0 Å². The third-order valence-corrected chi connectivity index (χ3v) is 5.30. The Morgan fingerprint density at radius 2 is 2.21 bits per heavy atom. The van der Waals surface area contributed by atoms with E-state index in [-0.39, 0.29) is 18.1 Å². The first-order valence-electron chi connectivity index (χ1n) is 8.57. The van der Waals surface area contributed by atoms with Crippen LogP contribution in [0.2, 0.25) is 5.02 Å². The molecule has 0 spiro atoms. The van der Waals surface area contributed by atoms with Crippen LogP contribution in [0.4, 0.5) is 4.79 Å². The molecule has 1 unspecified atom stereocenters. The van der Waals surface area contributed by atoms with Gasteiger partial charge in [-0.05, 0) is 36.8 Å². The van der Waals surface area contributed by atoms with Crippen LogP contribution >= 0.6 is 11.6 Å². The molecule has 1 saturated heterocycles. The van der Waals surface area contributed by atoms with Crippen LogP contribution in [-0.2, 0) is 9.47 Å². The van der Waals surface area contributed by atoms with Crippen molar-refractivity contribution in [3.63, 3.8) is 0 Å². The Balaban J connectivity index is 1.50. The van der Waals surface area contributed by atoms with Crippen molar-refractivity contribution >= 4 is 17.6 Å². The molecule has 0 aromatic heterocycles. The lowest BCUT2D eigenvalue weighted by Gasteiger charge is -2.40. The van der Waals surface area contributed by atoms with Crippen molar-refractivity contribution in [1.82, 2.24) is 10.2 Å². The zero-order chi connectivity index (χ0) is 16.9. The molecule has 0 bridgehead atoms. The van der Waals surface area contributed by atoms with E-state index >= 15 is 0 Å². The molecule has 2 aliphatic rings. The van der Waals surface area contributed by atoms with Crippen molar-refractivity contribution in [2.45, 2.75) is 37.3 Å². The van der Waals surface area contributed by atoms with Crippen LogP contribution in [0.25, 0.3) is 0 Å². The van der Waals surface area contributed by atoms with Crippen LogP contribution in [0.15, 0.2) is 24.3 Å². The fourth-order valence-electron chi connectivity index (χ4n) is 3.47. The molecule has 2 fully saturated rings. The normalized spacial score (nSPS) is 26.8. The molecule has 1 aliphatic heterocycles. The first-order valence-corrected chi connectivity index (χ1v) is 8.95. The van der Waals surface area contributed by atoms with E-state index in [1.807, 2.05) is 23.1 Å². The summed E-state index contributed by atoms with van der Waals surface area (Å²) in [5.41, 5.74) is 1.19. The van der Waals surface area contributed by atoms with Crippen molar-refractivity contribution in [3.05, 3.63) is 34.9 Å². The highest BCUT2D eigenvalue weighted by Gasteiger charge is 2.35. The second-order valence-electron chi connectivity index (χ2n) is 6.54. The zero-order valence-electron chi connectivity index (χ0n) is 14.0. The van der Waals surface area contributed by atoms with Crippen LogP contribution < -0.4 is 5.32 Å². The maximum atomic E-state index is 12.6. The van der Waals surface area contributed by atoms with Gasteiger partial charge in [0.15, 0.2) is 0 Å². The average molecular weight is 353 g/mol. The minimum absolute atomic E-state index is 0.0158. The molecule has 5 nitrogen and oxygen atoms in total. The number of benzene rings is 1. The SMILES string of the molecule is COCCC1COCCN1C(=O)NC1CC(c2ccccc2Cl)C1. The summed E-state index contributed by atoms with van der Waals surface area (Å²) in [5, 5.41) is 3.98. The highest BCUT2D eigenvalue weighted by atomic mass is 35.5. The summed E-state index contributed by atoms with van der Waals surface area (Å²) in [5.74, 6) is 0.443. The van der Waals surface area contributed by atoms with Gasteiger partial charge in [0.25, 0.3) is 0 Å². The molecule has 1 aromatic carbocycles. The number of hydrogen-bond donors (Lipinski definition) is 1. The predicted molar refractivity (Wildman–Crippen MR) is 93.6 cm³/mol. The number of ether oxygens (including phenoxy) is 2. The monoisotopic (exact) mass is 352 g/mol. The van der Waals surface area contributed by atoms with E-state index in [1.54, 1.807) is 7.11 Å². The second-order valence-corrected chi connectivity index (χ2v) is 6.95. The van der Waals surface area contributed by atoms with Gasteiger partial charge in [0.05, 0.1) is 19.3 Å². The summed E-state index contributed by atoms with van der Waals surface area (Å²) < 4.78 is 10.6. The summed E-state index contributed by atoms with van der Waals surface area (Å²) in [6, 6.07) is 8.30. The first-order chi connectivity index (χ1) is 11.7. The molecule has 3 rings (SSSR count). The van der Waals surface area contributed by atoms with Crippen LogP contribution in [0.1, 0.15) is 30.7 Å². The van der Waals surface area contributed by atoms with Crippen molar-refractivity contribution in [3.8, 4) is 0 Å². The number of rotatable bonds is 5. The lowest BCUT2D eigenvalue weighted by atomic mass is 9.76. The number of carbonyl (C=O) groups is 1. The molecule has 0 radical (unpaired) electrons. The predicted octanol–water partition coefficient (Wildman–Crippen LogP) is 3.03. The maximum absolute atomic E-state index is 12.6. The minimum Gasteiger partial charge on any atom is -0.385 e. The minimum atomic E-state index is 0.0158. The number of nitrogens with zero attached hydrogens (tertiary/aromatic N) is 1. The molecular formula is C18H25ClN2O3. The standard InChI is InChI=1S/C18H25ClN2O3/c1-23-8-6-15-12-24-9-7-21(15)18(22)20-14-10-13(11-14)16-4-2-3-5-17(16)19/h2-5,13-15H,6-12H2,1H3,(H,20,22). The van der Waals surface area contributed by atoms with E-state index in [1.165, 1.54) is 5.56 Å². The third-order valence-electron chi connectivity index (χ3n) is 4.95. The van der Waals surface area contributed by atoms with E-state index in [0.29, 0.717) is 32.3 Å². The Morgan fingerprint density at radius 1 is 1.42 bits per heavy atom. The molecule has 1 atom stereocenters. The van der Waals surface area contributed by atoms with Gasteiger partial charge < -0.3 is 19.7 Å². The Labute approximate surface area is 148 Å². The summed E-state index contributed by atoms with van der Waals surface area (Å²) in [7, 11) is 1.68. The molecule has 1 N–H and O–H groups in total. The van der Waals surface area contributed by atoms with Crippen LogP contribution in [0, 0.1) is 0 Å². The highest BCUT2D eigenvalue weighted by Crippen LogP contribution is 2.39. The van der Waals surface area contributed by atoms with E-state index < -0.39 is 0 Å². The van der Waals surface area contributed by atoms with Crippen molar-refractivity contribution in [1.29, 1.82) is 0 Å². The van der Waals surface area contributed by atoms with Gasteiger partial charge in [-0.3, -0.25) is 0 Å². The Kier molecular flexibility index (Phi) is 5.98. The summed E-state index contributed by atoms with van der Waals surface area (Å²) in [6.07, 6.45) is 2.70. The zero-order valence-corrected chi connectivity index (χ0v) is 14.8. The van der Waals surface area contributed by atoms with Gasteiger partial charge in [0, 0.05) is 31.3 Å². The molecule has 2 amide bonds. The van der Waals surface area contributed by atoms with Crippen molar-refractivity contribution in [2.75, 3.05) is 33.5 Å². The Bertz CT molecular complexity index is 563. The maximum Gasteiger partial charge on any atom is 0.318 e. The number of urea groups is 1. The third kappa shape index (κ3) is 4.02. The fourth-order valence-corrected chi connectivity index (χ4v) is 3.76. The molecule has 132 valence electrons. The number of methoxy groups -OCH3 is 1. The topological polar surface area (TPSA) is 50.8 Å². The number of halogens is 1. The largest absolute Gasteiger partial charge is 0.385 e. The second kappa shape index (κ2) is 8.19. The summed E-state index contributed by atoms with van der Waals surface area (Å²) >= 11 is 6.25. The van der Waals surface area contributed by atoms with E-state index in [2.05, 4.69) is 11.4 Å². The van der Waals surface area contributed by atoms with Gasteiger partial charge in [0.1, 0.15) is 0 Å².